The predicted molar refractivity (Wildman–Crippen MR) is 86.3 cm³/mol. The van der Waals surface area contributed by atoms with Gasteiger partial charge in [-0.1, -0.05) is 45.0 Å². The standard InChI is InChI=1S/C18H22N2O2/c1-12-14(11-19-20-16(12)17(21)22)8-5-13-6-9-15(10-7-13)18(2,3)4/h6-7,9-11H,5,8H2,1-4H3,(H,21,22). The predicted octanol–water partition coefficient (Wildman–Crippen LogP) is 3.57. The van der Waals surface area contributed by atoms with Crippen molar-refractivity contribution in [2.75, 3.05) is 0 Å². The Hall–Kier alpha value is -2.23. The van der Waals surface area contributed by atoms with Crippen molar-refractivity contribution in [1.82, 2.24) is 10.2 Å². The molecule has 0 amide bonds. The maximum atomic E-state index is 11.1. The van der Waals surface area contributed by atoms with E-state index in [9.17, 15) is 4.79 Å². The first kappa shape index (κ1) is 16.1. The van der Waals surface area contributed by atoms with Crippen LogP contribution in [-0.4, -0.2) is 21.3 Å². The Kier molecular flexibility index (Phi) is 4.59. The Morgan fingerprint density at radius 1 is 1.14 bits per heavy atom. The zero-order chi connectivity index (χ0) is 16.3. The summed E-state index contributed by atoms with van der Waals surface area (Å²) in [5.74, 6) is -1.03. The molecular formula is C18H22N2O2. The lowest BCUT2D eigenvalue weighted by Gasteiger charge is -2.19. The lowest BCUT2D eigenvalue weighted by molar-refractivity contribution is 0.0688. The lowest BCUT2D eigenvalue weighted by atomic mass is 9.86. The molecule has 0 unspecified atom stereocenters. The minimum Gasteiger partial charge on any atom is -0.476 e. The van der Waals surface area contributed by atoms with Gasteiger partial charge >= 0.3 is 5.97 Å². The number of hydrogen-bond acceptors (Lipinski definition) is 3. The summed E-state index contributed by atoms with van der Waals surface area (Å²) in [4.78, 5) is 11.1. The highest BCUT2D eigenvalue weighted by molar-refractivity contribution is 5.87. The van der Waals surface area contributed by atoms with E-state index in [4.69, 9.17) is 5.11 Å². The van der Waals surface area contributed by atoms with Crippen LogP contribution >= 0.6 is 0 Å². The Morgan fingerprint density at radius 3 is 2.32 bits per heavy atom. The molecule has 0 aliphatic rings. The number of hydrogen-bond donors (Lipinski definition) is 1. The molecule has 1 N–H and O–H groups in total. The highest BCUT2D eigenvalue weighted by Crippen LogP contribution is 2.22. The third-order valence-electron chi connectivity index (χ3n) is 3.91. The van der Waals surface area contributed by atoms with Crippen LogP contribution in [-0.2, 0) is 18.3 Å². The van der Waals surface area contributed by atoms with Crippen LogP contribution in [0.3, 0.4) is 0 Å². The highest BCUT2D eigenvalue weighted by atomic mass is 16.4. The van der Waals surface area contributed by atoms with Crippen molar-refractivity contribution >= 4 is 5.97 Å². The van der Waals surface area contributed by atoms with Gasteiger partial charge in [0, 0.05) is 0 Å². The molecule has 0 aliphatic heterocycles. The fourth-order valence-electron chi connectivity index (χ4n) is 2.39. The number of carboxylic acids is 1. The lowest BCUT2D eigenvalue weighted by Crippen LogP contribution is -2.11. The molecule has 0 aliphatic carbocycles. The van der Waals surface area contributed by atoms with Crippen LogP contribution in [0.4, 0.5) is 0 Å². The van der Waals surface area contributed by atoms with Crippen LogP contribution < -0.4 is 0 Å². The number of aromatic carboxylic acids is 1. The first-order chi connectivity index (χ1) is 10.3. The van der Waals surface area contributed by atoms with E-state index in [0.29, 0.717) is 5.56 Å². The number of rotatable bonds is 4. The van der Waals surface area contributed by atoms with Gasteiger partial charge in [0.15, 0.2) is 5.69 Å². The van der Waals surface area contributed by atoms with Crippen molar-refractivity contribution in [3.63, 3.8) is 0 Å². The summed E-state index contributed by atoms with van der Waals surface area (Å²) >= 11 is 0. The van der Waals surface area contributed by atoms with E-state index < -0.39 is 5.97 Å². The van der Waals surface area contributed by atoms with Crippen molar-refractivity contribution < 1.29 is 9.90 Å². The third kappa shape index (κ3) is 3.70. The molecule has 1 aromatic carbocycles. The van der Waals surface area contributed by atoms with Crippen LogP contribution in [0.25, 0.3) is 0 Å². The summed E-state index contributed by atoms with van der Waals surface area (Å²) in [6.45, 7) is 8.38. The monoisotopic (exact) mass is 298 g/mol. The molecular weight excluding hydrogens is 276 g/mol. The van der Waals surface area contributed by atoms with Crippen molar-refractivity contribution in [2.24, 2.45) is 0 Å². The molecule has 22 heavy (non-hydrogen) atoms. The summed E-state index contributed by atoms with van der Waals surface area (Å²) in [7, 11) is 0. The van der Waals surface area contributed by atoms with E-state index in [0.717, 1.165) is 18.4 Å². The quantitative estimate of drug-likeness (QED) is 0.937. The van der Waals surface area contributed by atoms with Gasteiger partial charge in [0.2, 0.25) is 0 Å². The van der Waals surface area contributed by atoms with Gasteiger partial charge in [0.25, 0.3) is 0 Å². The molecule has 2 aromatic rings. The van der Waals surface area contributed by atoms with Crippen LogP contribution in [0.5, 0.6) is 0 Å². The SMILES string of the molecule is Cc1c(CCc2ccc(C(C)(C)C)cc2)cnnc1C(=O)O. The van der Waals surface area contributed by atoms with E-state index in [1.165, 1.54) is 11.1 Å². The average Bonchev–Trinajstić information content (AvgIpc) is 2.45. The molecule has 1 aromatic heterocycles. The van der Waals surface area contributed by atoms with Crippen molar-refractivity contribution in [2.45, 2.75) is 46.0 Å². The van der Waals surface area contributed by atoms with Crippen LogP contribution in [0.1, 0.15) is 53.5 Å². The third-order valence-corrected chi connectivity index (χ3v) is 3.91. The van der Waals surface area contributed by atoms with Gasteiger partial charge in [-0.15, -0.1) is 5.10 Å². The van der Waals surface area contributed by atoms with Gasteiger partial charge in [0.05, 0.1) is 6.20 Å². The summed E-state index contributed by atoms with van der Waals surface area (Å²) in [6.07, 6.45) is 3.28. The number of carboxylic acid groups (broad SMARTS) is 1. The number of aryl methyl sites for hydroxylation is 2. The van der Waals surface area contributed by atoms with Gasteiger partial charge in [-0.05, 0) is 47.4 Å². The molecule has 2 rings (SSSR count). The Morgan fingerprint density at radius 2 is 1.77 bits per heavy atom. The first-order valence-electron chi connectivity index (χ1n) is 7.43. The fourth-order valence-corrected chi connectivity index (χ4v) is 2.39. The second-order valence-corrected chi connectivity index (χ2v) is 6.60. The highest BCUT2D eigenvalue weighted by Gasteiger charge is 2.14. The minimum absolute atomic E-state index is 0.0422. The molecule has 4 heteroatoms. The van der Waals surface area contributed by atoms with Crippen LogP contribution in [0.2, 0.25) is 0 Å². The van der Waals surface area contributed by atoms with Crippen molar-refractivity contribution in [1.29, 1.82) is 0 Å². The van der Waals surface area contributed by atoms with Gasteiger partial charge in [-0.25, -0.2) is 4.79 Å². The topological polar surface area (TPSA) is 63.1 Å². The van der Waals surface area contributed by atoms with Gasteiger partial charge in [-0.2, -0.15) is 5.10 Å². The summed E-state index contributed by atoms with van der Waals surface area (Å²) in [6, 6.07) is 8.61. The first-order valence-corrected chi connectivity index (χ1v) is 7.43. The van der Waals surface area contributed by atoms with Gasteiger partial charge in [-0.3, -0.25) is 0 Å². The fraction of sp³-hybridized carbons (Fsp3) is 0.389. The zero-order valence-corrected chi connectivity index (χ0v) is 13.6. The zero-order valence-electron chi connectivity index (χ0n) is 13.6. The van der Waals surface area contributed by atoms with E-state index in [1.807, 2.05) is 0 Å². The molecule has 0 saturated carbocycles. The van der Waals surface area contributed by atoms with Crippen molar-refractivity contribution in [3.8, 4) is 0 Å². The molecule has 0 fully saturated rings. The van der Waals surface area contributed by atoms with Crippen molar-refractivity contribution in [3.05, 3.63) is 58.4 Å². The Balaban J connectivity index is 2.11. The van der Waals surface area contributed by atoms with E-state index in [-0.39, 0.29) is 11.1 Å². The number of carbonyl (C=O) groups is 1. The Bertz CT molecular complexity index is 670. The van der Waals surface area contributed by atoms with Crippen LogP contribution in [0.15, 0.2) is 30.5 Å². The molecule has 0 radical (unpaired) electrons. The largest absolute Gasteiger partial charge is 0.476 e. The molecule has 0 atom stereocenters. The average molecular weight is 298 g/mol. The number of benzene rings is 1. The maximum Gasteiger partial charge on any atom is 0.356 e. The van der Waals surface area contributed by atoms with Crippen LogP contribution in [0, 0.1) is 6.92 Å². The van der Waals surface area contributed by atoms with E-state index in [2.05, 4.69) is 55.2 Å². The Labute approximate surface area is 131 Å². The van der Waals surface area contributed by atoms with E-state index in [1.54, 1.807) is 13.1 Å². The molecule has 4 nitrogen and oxygen atoms in total. The molecule has 0 spiro atoms. The smallest absolute Gasteiger partial charge is 0.356 e. The van der Waals surface area contributed by atoms with E-state index >= 15 is 0 Å². The second kappa shape index (κ2) is 6.26. The molecule has 116 valence electrons. The summed E-state index contributed by atoms with van der Waals surface area (Å²) in [5.41, 5.74) is 4.38. The van der Waals surface area contributed by atoms with Gasteiger partial charge in [0.1, 0.15) is 0 Å². The molecule has 1 heterocycles. The number of aromatic nitrogens is 2. The normalized spacial score (nSPS) is 11.5. The maximum absolute atomic E-state index is 11.1. The minimum atomic E-state index is -1.03. The molecule has 0 bridgehead atoms. The summed E-state index contributed by atoms with van der Waals surface area (Å²) in [5, 5.41) is 16.6. The number of nitrogens with zero attached hydrogens (tertiary/aromatic N) is 2. The van der Waals surface area contributed by atoms with Gasteiger partial charge < -0.3 is 5.11 Å². The second-order valence-electron chi connectivity index (χ2n) is 6.60. The summed E-state index contributed by atoms with van der Waals surface area (Å²) < 4.78 is 0. The molecule has 0 saturated heterocycles.